The lowest BCUT2D eigenvalue weighted by Gasteiger charge is -2.21. The average molecular weight is 298 g/mol. The third-order valence-electron chi connectivity index (χ3n) is 4.59. The molecule has 2 aromatic rings. The molecule has 0 unspecified atom stereocenters. The van der Waals surface area contributed by atoms with Gasteiger partial charge < -0.3 is 5.11 Å². The maximum absolute atomic E-state index is 10.9. The zero-order valence-electron chi connectivity index (χ0n) is 12.7. The summed E-state index contributed by atoms with van der Waals surface area (Å²) in [6.07, 6.45) is 12.0. The van der Waals surface area contributed by atoms with Gasteiger partial charge in [0.15, 0.2) is 0 Å². The normalized spacial score (nSPS) is 15.8. The topological polar surface area (TPSA) is 55.1 Å². The van der Waals surface area contributed by atoms with Crippen molar-refractivity contribution in [2.75, 3.05) is 0 Å². The maximum atomic E-state index is 10.9. The van der Waals surface area contributed by atoms with Crippen molar-refractivity contribution in [3.8, 4) is 11.1 Å². The van der Waals surface area contributed by atoms with E-state index in [1.54, 1.807) is 12.1 Å². The van der Waals surface area contributed by atoms with Gasteiger partial charge in [0, 0.05) is 18.3 Å². The fourth-order valence-corrected chi connectivity index (χ4v) is 3.23. The lowest BCUT2D eigenvalue weighted by atomic mass is 9.87. The predicted octanol–water partition coefficient (Wildman–Crippen LogP) is 4.22. The van der Waals surface area contributed by atoms with Crippen molar-refractivity contribution in [3.63, 3.8) is 0 Å². The predicted molar refractivity (Wildman–Crippen MR) is 85.8 cm³/mol. The summed E-state index contributed by atoms with van der Waals surface area (Å²) >= 11 is 0. The fraction of sp³-hybridized carbons (Fsp3) is 0.444. The van der Waals surface area contributed by atoms with Crippen LogP contribution in [-0.2, 0) is 6.54 Å². The van der Waals surface area contributed by atoms with Crippen LogP contribution in [-0.4, -0.2) is 20.9 Å². The number of aromatic nitrogens is 2. The summed E-state index contributed by atoms with van der Waals surface area (Å²) in [4.78, 5) is 10.9. The highest BCUT2D eigenvalue weighted by atomic mass is 16.4. The number of rotatable bonds is 5. The molecule has 4 nitrogen and oxygen atoms in total. The van der Waals surface area contributed by atoms with Crippen LogP contribution in [0.4, 0.5) is 0 Å². The minimum atomic E-state index is -0.894. The van der Waals surface area contributed by atoms with Crippen molar-refractivity contribution in [3.05, 3.63) is 42.2 Å². The van der Waals surface area contributed by atoms with Gasteiger partial charge in [0.1, 0.15) is 0 Å². The Morgan fingerprint density at radius 3 is 2.55 bits per heavy atom. The van der Waals surface area contributed by atoms with E-state index in [1.165, 1.54) is 38.5 Å². The third kappa shape index (κ3) is 3.56. The van der Waals surface area contributed by atoms with Crippen LogP contribution in [0.2, 0.25) is 0 Å². The van der Waals surface area contributed by atoms with Crippen molar-refractivity contribution in [1.82, 2.24) is 9.78 Å². The number of aryl methyl sites for hydroxylation is 1. The van der Waals surface area contributed by atoms with E-state index in [2.05, 4.69) is 11.3 Å². The minimum absolute atomic E-state index is 0.313. The van der Waals surface area contributed by atoms with Crippen LogP contribution in [0, 0.1) is 5.92 Å². The first kappa shape index (κ1) is 14.8. The van der Waals surface area contributed by atoms with Crippen LogP contribution in [0.25, 0.3) is 11.1 Å². The lowest BCUT2D eigenvalue weighted by molar-refractivity contribution is 0.0697. The minimum Gasteiger partial charge on any atom is -0.478 e. The van der Waals surface area contributed by atoms with Gasteiger partial charge in [-0.05, 0) is 30.0 Å². The monoisotopic (exact) mass is 298 g/mol. The summed E-state index contributed by atoms with van der Waals surface area (Å²) in [6, 6.07) is 6.95. The molecule has 116 valence electrons. The Balaban J connectivity index is 1.61. The summed E-state index contributed by atoms with van der Waals surface area (Å²) in [5, 5.41) is 13.4. The maximum Gasteiger partial charge on any atom is 0.335 e. The van der Waals surface area contributed by atoms with Crippen LogP contribution < -0.4 is 0 Å². The highest BCUT2D eigenvalue weighted by Gasteiger charge is 2.13. The number of aromatic carboxylic acids is 1. The van der Waals surface area contributed by atoms with E-state index >= 15 is 0 Å². The molecule has 0 spiro atoms. The molecule has 4 heteroatoms. The van der Waals surface area contributed by atoms with Gasteiger partial charge in [-0.25, -0.2) is 4.79 Å². The molecule has 0 saturated heterocycles. The van der Waals surface area contributed by atoms with Crippen LogP contribution >= 0.6 is 0 Å². The van der Waals surface area contributed by atoms with Gasteiger partial charge in [-0.2, -0.15) is 5.10 Å². The van der Waals surface area contributed by atoms with Gasteiger partial charge in [0.2, 0.25) is 0 Å². The summed E-state index contributed by atoms with van der Waals surface area (Å²) in [5.41, 5.74) is 2.36. The van der Waals surface area contributed by atoms with Crippen molar-refractivity contribution in [1.29, 1.82) is 0 Å². The first-order chi connectivity index (χ1) is 10.7. The molecule has 3 rings (SSSR count). The molecule has 0 amide bonds. The Bertz CT molecular complexity index is 625. The summed E-state index contributed by atoms with van der Waals surface area (Å²) < 4.78 is 2.01. The second-order valence-corrected chi connectivity index (χ2v) is 6.17. The van der Waals surface area contributed by atoms with E-state index in [1.807, 2.05) is 23.0 Å². The third-order valence-corrected chi connectivity index (χ3v) is 4.59. The highest BCUT2D eigenvalue weighted by molar-refractivity contribution is 5.88. The number of carbonyl (C=O) groups is 1. The van der Waals surface area contributed by atoms with Crippen LogP contribution in [0.3, 0.4) is 0 Å². The standard InChI is InChI=1S/C18H22N2O2/c21-18(22)16-8-6-15(7-9-16)17-12-19-20(13-17)11-10-14-4-2-1-3-5-14/h6-9,12-14H,1-5,10-11H2,(H,21,22). The number of nitrogens with zero attached hydrogens (tertiary/aromatic N) is 2. The van der Waals surface area contributed by atoms with Crippen LogP contribution in [0.5, 0.6) is 0 Å². The second-order valence-electron chi connectivity index (χ2n) is 6.17. The number of carboxylic acid groups (broad SMARTS) is 1. The van der Waals surface area contributed by atoms with Gasteiger partial charge in [-0.15, -0.1) is 0 Å². The number of carboxylic acids is 1. The zero-order chi connectivity index (χ0) is 15.4. The average Bonchev–Trinajstić information content (AvgIpc) is 3.03. The molecule has 1 aliphatic rings. The van der Waals surface area contributed by atoms with Crippen molar-refractivity contribution in [2.45, 2.75) is 45.1 Å². The summed E-state index contributed by atoms with van der Waals surface area (Å²) in [5.74, 6) is -0.0361. The quantitative estimate of drug-likeness (QED) is 0.899. The first-order valence-corrected chi connectivity index (χ1v) is 8.08. The summed E-state index contributed by atoms with van der Waals surface area (Å²) in [6.45, 7) is 0.970. The molecule has 1 aromatic heterocycles. The van der Waals surface area contributed by atoms with Crippen molar-refractivity contribution >= 4 is 5.97 Å². The van der Waals surface area contributed by atoms with E-state index in [0.717, 1.165) is 23.6 Å². The van der Waals surface area contributed by atoms with Crippen LogP contribution in [0.1, 0.15) is 48.9 Å². The molecule has 0 aliphatic heterocycles. The van der Waals surface area contributed by atoms with Gasteiger partial charge in [-0.1, -0.05) is 44.2 Å². The molecule has 1 aromatic carbocycles. The smallest absolute Gasteiger partial charge is 0.335 e. The fourth-order valence-electron chi connectivity index (χ4n) is 3.23. The van der Waals surface area contributed by atoms with E-state index in [0.29, 0.717) is 5.56 Å². The van der Waals surface area contributed by atoms with E-state index in [4.69, 9.17) is 5.11 Å². The van der Waals surface area contributed by atoms with Crippen LogP contribution in [0.15, 0.2) is 36.7 Å². The molecule has 0 atom stereocenters. The highest BCUT2D eigenvalue weighted by Crippen LogP contribution is 2.27. The number of hydrogen-bond donors (Lipinski definition) is 1. The molecule has 1 heterocycles. The lowest BCUT2D eigenvalue weighted by Crippen LogP contribution is -2.10. The molecule has 0 radical (unpaired) electrons. The molecule has 1 aliphatic carbocycles. The Kier molecular flexibility index (Phi) is 4.56. The SMILES string of the molecule is O=C(O)c1ccc(-c2cnn(CCC3CCCCC3)c2)cc1. The largest absolute Gasteiger partial charge is 0.478 e. The Labute approximate surface area is 130 Å². The van der Waals surface area contributed by atoms with Gasteiger partial charge in [0.05, 0.1) is 11.8 Å². The van der Waals surface area contributed by atoms with E-state index in [9.17, 15) is 4.79 Å². The first-order valence-electron chi connectivity index (χ1n) is 8.08. The van der Waals surface area contributed by atoms with E-state index in [-0.39, 0.29) is 0 Å². The van der Waals surface area contributed by atoms with E-state index < -0.39 is 5.97 Å². The molecule has 0 bridgehead atoms. The number of hydrogen-bond acceptors (Lipinski definition) is 2. The molecule has 1 fully saturated rings. The van der Waals surface area contributed by atoms with Gasteiger partial charge in [0.25, 0.3) is 0 Å². The zero-order valence-corrected chi connectivity index (χ0v) is 12.7. The second kappa shape index (κ2) is 6.77. The Morgan fingerprint density at radius 1 is 1.14 bits per heavy atom. The Hall–Kier alpha value is -2.10. The number of benzene rings is 1. The van der Waals surface area contributed by atoms with Gasteiger partial charge >= 0.3 is 5.97 Å². The van der Waals surface area contributed by atoms with Crippen molar-refractivity contribution in [2.24, 2.45) is 5.92 Å². The van der Waals surface area contributed by atoms with Gasteiger partial charge in [-0.3, -0.25) is 4.68 Å². The van der Waals surface area contributed by atoms with Crippen molar-refractivity contribution < 1.29 is 9.90 Å². The Morgan fingerprint density at radius 2 is 1.86 bits per heavy atom. The molecule has 1 saturated carbocycles. The molecular formula is C18H22N2O2. The molecule has 1 N–H and O–H groups in total. The molecule has 22 heavy (non-hydrogen) atoms. The molecular weight excluding hydrogens is 276 g/mol. The summed E-state index contributed by atoms with van der Waals surface area (Å²) in [7, 11) is 0.